The molecule has 33 heavy (non-hydrogen) atoms. The van der Waals surface area contributed by atoms with Crippen molar-refractivity contribution in [2.75, 3.05) is 10.6 Å². The van der Waals surface area contributed by atoms with Gasteiger partial charge in [-0.3, -0.25) is 4.79 Å². The normalized spacial score (nSPS) is 17.4. The van der Waals surface area contributed by atoms with E-state index < -0.39 is 5.82 Å². The summed E-state index contributed by atoms with van der Waals surface area (Å²) in [4.78, 5) is 21.6. The van der Waals surface area contributed by atoms with Gasteiger partial charge in [0.05, 0.1) is 0 Å². The first-order valence-corrected chi connectivity index (χ1v) is 11.1. The molecule has 1 amide bonds. The van der Waals surface area contributed by atoms with E-state index in [9.17, 15) is 9.18 Å². The average molecular weight is 448 g/mol. The summed E-state index contributed by atoms with van der Waals surface area (Å²) in [5, 5.41) is 10.1. The number of nitrogens with one attached hydrogen (secondary N) is 3. The summed E-state index contributed by atoms with van der Waals surface area (Å²) in [7, 11) is 0. The maximum absolute atomic E-state index is 13.4. The van der Waals surface area contributed by atoms with E-state index >= 15 is 0 Å². The van der Waals surface area contributed by atoms with Gasteiger partial charge in [-0.25, -0.2) is 14.4 Å². The van der Waals surface area contributed by atoms with Crippen LogP contribution in [0, 0.1) is 5.82 Å². The molecule has 3 aromatic rings. The van der Waals surface area contributed by atoms with Crippen LogP contribution in [0.25, 0.3) is 11.4 Å². The van der Waals surface area contributed by atoms with E-state index in [0.29, 0.717) is 11.5 Å². The molecule has 2 heterocycles. The zero-order chi connectivity index (χ0) is 23.6. The number of carbonyl (C=O) groups is 1. The summed E-state index contributed by atoms with van der Waals surface area (Å²) >= 11 is 0. The highest BCUT2D eigenvalue weighted by atomic mass is 19.1. The van der Waals surface area contributed by atoms with E-state index in [2.05, 4.69) is 48.6 Å². The lowest BCUT2D eigenvalue weighted by Gasteiger charge is -2.46. The molecule has 0 atom stereocenters. The van der Waals surface area contributed by atoms with Gasteiger partial charge in [-0.1, -0.05) is 18.2 Å². The molecular formula is C26H30FN5O. The van der Waals surface area contributed by atoms with Gasteiger partial charge in [0.15, 0.2) is 5.82 Å². The fourth-order valence-corrected chi connectivity index (χ4v) is 4.78. The van der Waals surface area contributed by atoms with Crippen LogP contribution in [0.5, 0.6) is 0 Å². The van der Waals surface area contributed by atoms with E-state index in [1.807, 2.05) is 24.3 Å². The predicted molar refractivity (Wildman–Crippen MR) is 130 cm³/mol. The summed E-state index contributed by atoms with van der Waals surface area (Å²) in [6, 6.07) is 15.1. The number of anilines is 2. The van der Waals surface area contributed by atoms with Gasteiger partial charge in [0.2, 0.25) is 0 Å². The Hall–Kier alpha value is -3.32. The monoisotopic (exact) mass is 447 g/mol. The van der Waals surface area contributed by atoms with Crippen LogP contribution in [0.4, 0.5) is 15.9 Å². The summed E-state index contributed by atoms with van der Waals surface area (Å²) < 4.78 is 13.4. The summed E-state index contributed by atoms with van der Waals surface area (Å²) in [5.41, 5.74) is 1.69. The Labute approximate surface area is 194 Å². The first-order chi connectivity index (χ1) is 15.6. The first kappa shape index (κ1) is 22.9. The molecule has 0 unspecified atom stereocenters. The third-order valence-electron chi connectivity index (χ3n) is 5.66. The van der Waals surface area contributed by atoms with Crippen molar-refractivity contribution >= 4 is 17.4 Å². The second-order valence-corrected chi connectivity index (χ2v) is 9.95. The lowest BCUT2D eigenvalue weighted by Crippen LogP contribution is -2.60. The van der Waals surface area contributed by atoms with Crippen molar-refractivity contribution in [2.24, 2.45) is 0 Å². The number of rotatable bonds is 5. The van der Waals surface area contributed by atoms with E-state index in [4.69, 9.17) is 4.98 Å². The summed E-state index contributed by atoms with van der Waals surface area (Å²) in [5.74, 6) is 0.510. The number of nitrogens with zero attached hydrogens (tertiary/aromatic N) is 2. The molecule has 0 radical (unpaired) electrons. The summed E-state index contributed by atoms with van der Waals surface area (Å²) in [6.45, 7) is 8.88. The maximum Gasteiger partial charge on any atom is 0.255 e. The molecule has 1 aromatic heterocycles. The Morgan fingerprint density at radius 2 is 1.76 bits per heavy atom. The van der Waals surface area contributed by atoms with Crippen molar-refractivity contribution in [3.8, 4) is 11.4 Å². The largest absolute Gasteiger partial charge is 0.367 e. The van der Waals surface area contributed by atoms with Crippen molar-refractivity contribution in [1.29, 1.82) is 0 Å². The predicted octanol–water partition coefficient (Wildman–Crippen LogP) is 5.26. The fourth-order valence-electron chi connectivity index (χ4n) is 4.78. The van der Waals surface area contributed by atoms with Crippen molar-refractivity contribution in [3.05, 3.63) is 72.2 Å². The molecule has 0 spiro atoms. The van der Waals surface area contributed by atoms with E-state index in [1.165, 1.54) is 18.2 Å². The SMILES string of the molecule is CC1(C)CC(Nc2ccnc(-c3cccc(NC(=O)c4cccc(F)c4)c3)n2)CC(C)(C)N1. The second-order valence-electron chi connectivity index (χ2n) is 9.95. The molecule has 0 aliphatic carbocycles. The van der Waals surface area contributed by atoms with Crippen LogP contribution in [-0.2, 0) is 0 Å². The van der Waals surface area contributed by atoms with Gasteiger partial charge in [-0.2, -0.15) is 0 Å². The minimum absolute atomic E-state index is 0.0312. The molecule has 1 saturated heterocycles. The van der Waals surface area contributed by atoms with Crippen molar-refractivity contribution < 1.29 is 9.18 Å². The number of aromatic nitrogens is 2. The van der Waals surface area contributed by atoms with Crippen LogP contribution in [0.3, 0.4) is 0 Å². The maximum atomic E-state index is 13.4. The highest BCUT2D eigenvalue weighted by molar-refractivity contribution is 6.04. The lowest BCUT2D eigenvalue weighted by molar-refractivity contribution is 0.102. The van der Waals surface area contributed by atoms with Gasteiger partial charge in [0.25, 0.3) is 5.91 Å². The number of piperidine rings is 1. The number of halogens is 1. The molecule has 2 aromatic carbocycles. The molecular weight excluding hydrogens is 417 g/mol. The van der Waals surface area contributed by atoms with Crippen LogP contribution in [0.1, 0.15) is 50.9 Å². The Morgan fingerprint density at radius 1 is 1.03 bits per heavy atom. The van der Waals surface area contributed by atoms with Gasteiger partial charge in [0.1, 0.15) is 11.6 Å². The molecule has 3 N–H and O–H groups in total. The number of benzene rings is 2. The second kappa shape index (κ2) is 8.90. The summed E-state index contributed by atoms with van der Waals surface area (Å²) in [6.07, 6.45) is 3.70. The van der Waals surface area contributed by atoms with Crippen LogP contribution in [0.15, 0.2) is 60.8 Å². The third kappa shape index (κ3) is 5.93. The van der Waals surface area contributed by atoms with Gasteiger partial charge < -0.3 is 16.0 Å². The van der Waals surface area contributed by atoms with E-state index in [1.54, 1.807) is 18.3 Å². The average Bonchev–Trinajstić information content (AvgIpc) is 2.72. The molecule has 1 fully saturated rings. The van der Waals surface area contributed by atoms with Gasteiger partial charge in [-0.05, 0) is 76.9 Å². The Balaban J connectivity index is 1.50. The quantitative estimate of drug-likeness (QED) is 0.497. The Kier molecular flexibility index (Phi) is 6.17. The molecule has 1 aliphatic heterocycles. The van der Waals surface area contributed by atoms with E-state index in [-0.39, 0.29) is 28.6 Å². The Morgan fingerprint density at radius 3 is 2.48 bits per heavy atom. The fraction of sp³-hybridized carbons (Fsp3) is 0.346. The molecule has 172 valence electrons. The molecule has 6 nitrogen and oxygen atoms in total. The smallest absolute Gasteiger partial charge is 0.255 e. The molecule has 0 saturated carbocycles. The van der Waals surface area contributed by atoms with Gasteiger partial charge >= 0.3 is 0 Å². The number of hydrogen-bond acceptors (Lipinski definition) is 5. The van der Waals surface area contributed by atoms with Crippen LogP contribution >= 0.6 is 0 Å². The third-order valence-corrected chi connectivity index (χ3v) is 5.66. The van der Waals surface area contributed by atoms with Crippen LogP contribution in [0.2, 0.25) is 0 Å². The standard InChI is InChI=1S/C26H30FN5O/c1-25(2)15-21(16-26(3,4)32-25)29-22-11-12-28-23(31-22)17-7-6-10-20(14-17)30-24(33)18-8-5-9-19(27)13-18/h5-14,21,32H,15-16H2,1-4H3,(H,30,33)(H,28,29,31). The lowest BCUT2D eigenvalue weighted by atomic mass is 9.79. The van der Waals surface area contributed by atoms with Crippen molar-refractivity contribution in [3.63, 3.8) is 0 Å². The van der Waals surface area contributed by atoms with Crippen LogP contribution in [-0.4, -0.2) is 33.0 Å². The zero-order valence-corrected chi connectivity index (χ0v) is 19.4. The molecule has 7 heteroatoms. The van der Waals surface area contributed by atoms with Crippen LogP contribution < -0.4 is 16.0 Å². The minimum atomic E-state index is -0.449. The number of amides is 1. The zero-order valence-electron chi connectivity index (χ0n) is 19.4. The topological polar surface area (TPSA) is 78.9 Å². The first-order valence-electron chi connectivity index (χ1n) is 11.1. The number of hydrogen-bond donors (Lipinski definition) is 3. The van der Waals surface area contributed by atoms with E-state index in [0.717, 1.165) is 24.2 Å². The minimum Gasteiger partial charge on any atom is -0.367 e. The molecule has 0 bridgehead atoms. The van der Waals surface area contributed by atoms with Crippen molar-refractivity contribution in [1.82, 2.24) is 15.3 Å². The highest BCUT2D eigenvalue weighted by Crippen LogP contribution is 2.30. The van der Waals surface area contributed by atoms with Gasteiger partial charge in [-0.15, -0.1) is 0 Å². The Bertz CT molecular complexity index is 1140. The number of carbonyl (C=O) groups excluding carboxylic acids is 1. The highest BCUT2D eigenvalue weighted by Gasteiger charge is 2.37. The molecule has 4 rings (SSSR count). The van der Waals surface area contributed by atoms with Gasteiger partial charge in [0, 0.05) is 40.1 Å². The van der Waals surface area contributed by atoms with Crippen molar-refractivity contribution in [2.45, 2.75) is 57.7 Å². The molecule has 1 aliphatic rings.